The van der Waals surface area contributed by atoms with Crippen molar-refractivity contribution in [3.63, 3.8) is 0 Å². The minimum atomic E-state index is -0.481. The third kappa shape index (κ3) is 4.06. The number of furan rings is 1. The zero-order valence-corrected chi connectivity index (χ0v) is 14.2. The SMILES string of the molecule is Cc1ccc(NC(=O)/C(C#N)=C\c2cc(Br)c(Br)o2)cc1. The van der Waals surface area contributed by atoms with Crippen molar-refractivity contribution in [3.8, 4) is 6.07 Å². The number of hydrogen-bond donors (Lipinski definition) is 1. The first kappa shape index (κ1) is 15.5. The topological polar surface area (TPSA) is 66.0 Å². The molecular formula is C15H10Br2N2O2. The molecule has 0 spiro atoms. The van der Waals surface area contributed by atoms with Crippen LogP contribution in [0.2, 0.25) is 0 Å². The van der Waals surface area contributed by atoms with Crippen LogP contribution in [0.15, 0.2) is 49.5 Å². The average Bonchev–Trinajstić information content (AvgIpc) is 2.77. The first-order chi connectivity index (χ1) is 9.99. The van der Waals surface area contributed by atoms with Gasteiger partial charge < -0.3 is 9.73 Å². The third-order valence-electron chi connectivity index (χ3n) is 2.63. The van der Waals surface area contributed by atoms with Gasteiger partial charge in [0.1, 0.15) is 17.4 Å². The van der Waals surface area contributed by atoms with Crippen molar-refractivity contribution in [2.75, 3.05) is 5.32 Å². The van der Waals surface area contributed by atoms with Crippen molar-refractivity contribution in [2.45, 2.75) is 6.92 Å². The summed E-state index contributed by atoms with van der Waals surface area (Å²) in [7, 11) is 0. The Hall–Kier alpha value is -1.84. The first-order valence-corrected chi connectivity index (χ1v) is 7.53. The molecular weight excluding hydrogens is 400 g/mol. The van der Waals surface area contributed by atoms with Crippen molar-refractivity contribution in [1.29, 1.82) is 5.26 Å². The van der Waals surface area contributed by atoms with Gasteiger partial charge in [-0.3, -0.25) is 4.79 Å². The molecule has 0 fully saturated rings. The highest BCUT2D eigenvalue weighted by Gasteiger charge is 2.12. The van der Waals surface area contributed by atoms with Gasteiger partial charge in [0, 0.05) is 11.8 Å². The molecule has 2 rings (SSSR count). The van der Waals surface area contributed by atoms with Crippen LogP contribution in [-0.2, 0) is 4.79 Å². The normalized spacial score (nSPS) is 11.0. The second-order valence-corrected chi connectivity index (χ2v) is 5.83. The number of nitrogens with zero attached hydrogens (tertiary/aromatic N) is 1. The van der Waals surface area contributed by atoms with Crippen molar-refractivity contribution in [3.05, 3.63) is 56.4 Å². The summed E-state index contributed by atoms with van der Waals surface area (Å²) in [4.78, 5) is 12.1. The number of amides is 1. The van der Waals surface area contributed by atoms with E-state index >= 15 is 0 Å². The lowest BCUT2D eigenvalue weighted by Crippen LogP contribution is -2.13. The van der Waals surface area contributed by atoms with E-state index in [0.717, 1.165) is 5.56 Å². The first-order valence-electron chi connectivity index (χ1n) is 5.94. The maximum absolute atomic E-state index is 12.1. The van der Waals surface area contributed by atoms with Crippen molar-refractivity contribution < 1.29 is 9.21 Å². The van der Waals surface area contributed by atoms with Crippen LogP contribution in [0.1, 0.15) is 11.3 Å². The lowest BCUT2D eigenvalue weighted by atomic mass is 10.2. The lowest BCUT2D eigenvalue weighted by molar-refractivity contribution is -0.112. The van der Waals surface area contributed by atoms with Gasteiger partial charge in [0.2, 0.25) is 0 Å². The fourth-order valence-corrected chi connectivity index (χ4v) is 2.17. The second-order valence-electron chi connectivity index (χ2n) is 4.26. The zero-order valence-electron chi connectivity index (χ0n) is 11.0. The van der Waals surface area contributed by atoms with Crippen LogP contribution in [0, 0.1) is 18.3 Å². The minimum Gasteiger partial charge on any atom is -0.449 e. The van der Waals surface area contributed by atoms with E-state index in [4.69, 9.17) is 9.68 Å². The predicted molar refractivity (Wildman–Crippen MR) is 87.5 cm³/mol. The van der Waals surface area contributed by atoms with Gasteiger partial charge in [0.05, 0.1) is 4.47 Å². The molecule has 4 nitrogen and oxygen atoms in total. The predicted octanol–water partition coefficient (Wildman–Crippen LogP) is 4.66. The van der Waals surface area contributed by atoms with Crippen molar-refractivity contribution in [2.24, 2.45) is 0 Å². The molecule has 0 saturated heterocycles. The molecule has 0 radical (unpaired) electrons. The zero-order chi connectivity index (χ0) is 15.4. The van der Waals surface area contributed by atoms with Crippen LogP contribution in [0.4, 0.5) is 5.69 Å². The molecule has 0 saturated carbocycles. The van der Waals surface area contributed by atoms with Gasteiger partial charge in [0.25, 0.3) is 5.91 Å². The summed E-state index contributed by atoms with van der Waals surface area (Å²) in [6.07, 6.45) is 1.39. The minimum absolute atomic E-state index is 0.0377. The molecule has 1 amide bonds. The fraction of sp³-hybridized carbons (Fsp3) is 0.0667. The Balaban J connectivity index is 2.19. The van der Waals surface area contributed by atoms with Crippen LogP contribution in [-0.4, -0.2) is 5.91 Å². The van der Waals surface area contributed by atoms with Gasteiger partial charge in [-0.2, -0.15) is 5.26 Å². The van der Waals surface area contributed by atoms with E-state index in [0.29, 0.717) is 20.6 Å². The molecule has 1 N–H and O–H groups in total. The maximum atomic E-state index is 12.1. The van der Waals surface area contributed by atoms with Gasteiger partial charge in [0.15, 0.2) is 4.67 Å². The number of nitriles is 1. The molecule has 106 valence electrons. The van der Waals surface area contributed by atoms with Gasteiger partial charge in [-0.05, 0) is 57.0 Å². The summed E-state index contributed by atoms with van der Waals surface area (Å²) < 4.78 is 6.54. The van der Waals surface area contributed by atoms with Gasteiger partial charge in [-0.25, -0.2) is 0 Å². The number of rotatable bonds is 3. The third-order valence-corrected chi connectivity index (χ3v) is 4.34. The molecule has 0 aliphatic rings. The molecule has 0 aliphatic carbocycles. The Labute approximate surface area is 138 Å². The number of hydrogen-bond acceptors (Lipinski definition) is 3. The Bertz CT molecular complexity index is 721. The number of carbonyl (C=O) groups excluding carboxylic acids is 1. The summed E-state index contributed by atoms with van der Waals surface area (Å²) in [6.45, 7) is 1.96. The van der Waals surface area contributed by atoms with Gasteiger partial charge in [-0.1, -0.05) is 17.7 Å². The highest BCUT2D eigenvalue weighted by molar-refractivity contribution is 9.13. The molecule has 1 heterocycles. The summed E-state index contributed by atoms with van der Waals surface area (Å²) >= 11 is 6.47. The Kier molecular flexibility index (Phi) is 4.99. The van der Waals surface area contributed by atoms with Crippen LogP contribution < -0.4 is 5.32 Å². The largest absolute Gasteiger partial charge is 0.449 e. The highest BCUT2D eigenvalue weighted by Crippen LogP contribution is 2.28. The number of nitrogens with one attached hydrogen (secondary N) is 1. The van der Waals surface area contributed by atoms with E-state index in [1.54, 1.807) is 18.2 Å². The molecule has 21 heavy (non-hydrogen) atoms. The maximum Gasteiger partial charge on any atom is 0.266 e. The second kappa shape index (κ2) is 6.74. The Morgan fingerprint density at radius 3 is 2.52 bits per heavy atom. The molecule has 1 aromatic carbocycles. The summed E-state index contributed by atoms with van der Waals surface area (Å²) in [6, 6.07) is 10.9. The molecule has 0 bridgehead atoms. The Morgan fingerprint density at radius 2 is 2.00 bits per heavy atom. The van der Waals surface area contributed by atoms with Gasteiger partial charge >= 0.3 is 0 Å². The number of aryl methyl sites for hydroxylation is 1. The molecule has 2 aromatic rings. The van der Waals surface area contributed by atoms with Gasteiger partial charge in [-0.15, -0.1) is 0 Å². The summed E-state index contributed by atoms with van der Waals surface area (Å²) in [5, 5.41) is 11.8. The van der Waals surface area contributed by atoms with E-state index in [9.17, 15) is 4.79 Å². The van der Waals surface area contributed by atoms with Crippen LogP contribution in [0.5, 0.6) is 0 Å². The quantitative estimate of drug-likeness (QED) is 0.592. The fourth-order valence-electron chi connectivity index (χ4n) is 1.56. The highest BCUT2D eigenvalue weighted by atomic mass is 79.9. The summed E-state index contributed by atoms with van der Waals surface area (Å²) in [5.74, 6) is -0.0747. The van der Waals surface area contributed by atoms with E-state index in [1.807, 2.05) is 25.1 Å². The summed E-state index contributed by atoms with van der Waals surface area (Å²) in [5.41, 5.74) is 1.69. The van der Waals surface area contributed by atoms with E-state index in [2.05, 4.69) is 37.2 Å². The number of benzene rings is 1. The van der Waals surface area contributed by atoms with E-state index in [-0.39, 0.29) is 5.57 Å². The number of anilines is 1. The van der Waals surface area contributed by atoms with Crippen molar-refractivity contribution in [1.82, 2.24) is 0 Å². The number of carbonyl (C=O) groups is 1. The van der Waals surface area contributed by atoms with Crippen LogP contribution >= 0.6 is 31.9 Å². The molecule has 0 unspecified atom stereocenters. The monoisotopic (exact) mass is 408 g/mol. The van der Waals surface area contributed by atoms with Crippen LogP contribution in [0.3, 0.4) is 0 Å². The van der Waals surface area contributed by atoms with Crippen LogP contribution in [0.25, 0.3) is 6.08 Å². The molecule has 6 heteroatoms. The standard InChI is InChI=1S/C15H10Br2N2O2/c1-9-2-4-11(5-3-9)19-15(20)10(8-18)6-12-7-13(16)14(17)21-12/h2-7H,1H3,(H,19,20)/b10-6-. The average molecular weight is 410 g/mol. The molecule has 0 aliphatic heterocycles. The molecule has 0 atom stereocenters. The lowest BCUT2D eigenvalue weighted by Gasteiger charge is -2.04. The van der Waals surface area contributed by atoms with E-state index < -0.39 is 5.91 Å². The smallest absolute Gasteiger partial charge is 0.266 e. The Morgan fingerprint density at radius 1 is 1.33 bits per heavy atom. The van der Waals surface area contributed by atoms with Crippen molar-refractivity contribution >= 4 is 49.5 Å². The molecule has 1 aromatic heterocycles. The number of halogens is 2. The van der Waals surface area contributed by atoms with E-state index in [1.165, 1.54) is 6.08 Å².